The molecule has 3 aromatic carbocycles. The summed E-state index contributed by atoms with van der Waals surface area (Å²) in [6, 6.07) is 17.8. The Morgan fingerprint density at radius 1 is 0.757 bits per heavy atom. The van der Waals surface area contributed by atoms with Gasteiger partial charge in [-0.05, 0) is 12.1 Å². The van der Waals surface area contributed by atoms with Crippen molar-refractivity contribution in [3.8, 4) is 23.0 Å². The van der Waals surface area contributed by atoms with Gasteiger partial charge in [0.15, 0.2) is 23.7 Å². The summed E-state index contributed by atoms with van der Waals surface area (Å²) in [7, 11) is 0. The fourth-order valence-electron chi connectivity index (χ4n) is 3.28. The van der Waals surface area contributed by atoms with Gasteiger partial charge < -0.3 is 33.9 Å². The second-order valence-electron chi connectivity index (χ2n) is 7.68. The average Bonchev–Trinajstić information content (AvgIpc) is 2.94. The van der Waals surface area contributed by atoms with E-state index in [0.29, 0.717) is 28.0 Å². The zero-order valence-corrected chi connectivity index (χ0v) is 20.1. The first kappa shape index (κ1) is 27.3. The van der Waals surface area contributed by atoms with Crippen molar-refractivity contribution in [2.45, 2.75) is 12.2 Å². The van der Waals surface area contributed by atoms with E-state index < -0.39 is 37.4 Å². The van der Waals surface area contributed by atoms with Crippen molar-refractivity contribution >= 4 is 22.7 Å². The van der Waals surface area contributed by atoms with Gasteiger partial charge >= 0.3 is 11.9 Å². The summed E-state index contributed by atoms with van der Waals surface area (Å²) >= 11 is 0. The minimum Gasteiger partial charge on any atom is -0.489 e. The summed E-state index contributed by atoms with van der Waals surface area (Å²) in [5.74, 6) is 0.164. The molecule has 0 aliphatic heterocycles. The van der Waals surface area contributed by atoms with E-state index in [-0.39, 0.29) is 19.0 Å². The molecule has 3 aromatic rings. The highest BCUT2D eigenvalue weighted by molar-refractivity contribution is 5.95. The molecule has 194 valence electrons. The Bertz CT molecular complexity index is 1220. The topological polar surface area (TPSA) is 121 Å². The lowest BCUT2D eigenvalue weighted by Crippen LogP contribution is -2.28. The fourth-order valence-corrected chi connectivity index (χ4v) is 3.28. The molecule has 0 bridgehead atoms. The second-order valence-corrected chi connectivity index (χ2v) is 7.68. The van der Waals surface area contributed by atoms with Gasteiger partial charge in [0, 0.05) is 29.0 Å². The SMILES string of the molecule is C=CC(=O)OC(CO)COc1cc(Oc2ccccc2)c(OCC(CO)OC(=O)C=C)c2ccccc12. The van der Waals surface area contributed by atoms with Gasteiger partial charge in [-0.2, -0.15) is 0 Å². The van der Waals surface area contributed by atoms with E-state index in [9.17, 15) is 19.8 Å². The molecule has 2 atom stereocenters. The van der Waals surface area contributed by atoms with Crippen LogP contribution in [0.25, 0.3) is 10.8 Å². The second kappa shape index (κ2) is 13.7. The maximum absolute atomic E-state index is 11.6. The molecule has 0 saturated carbocycles. The zero-order chi connectivity index (χ0) is 26.6. The maximum atomic E-state index is 11.6. The molecule has 0 aliphatic carbocycles. The molecule has 9 nitrogen and oxygen atoms in total. The van der Waals surface area contributed by atoms with Crippen LogP contribution in [0.15, 0.2) is 86.0 Å². The molecule has 0 radical (unpaired) electrons. The molecule has 0 aliphatic rings. The zero-order valence-electron chi connectivity index (χ0n) is 20.1. The Morgan fingerprint density at radius 3 is 1.86 bits per heavy atom. The molecular weight excluding hydrogens is 480 g/mol. The summed E-state index contributed by atoms with van der Waals surface area (Å²) in [6.45, 7) is 5.51. The van der Waals surface area contributed by atoms with Crippen LogP contribution in [0.5, 0.6) is 23.0 Å². The first-order chi connectivity index (χ1) is 18.0. The van der Waals surface area contributed by atoms with Crippen LogP contribution in [-0.4, -0.2) is 60.8 Å². The van der Waals surface area contributed by atoms with Gasteiger partial charge in [0.1, 0.15) is 24.7 Å². The van der Waals surface area contributed by atoms with E-state index in [0.717, 1.165) is 12.2 Å². The number of carbonyl (C=O) groups excluding carboxylic acids is 2. The van der Waals surface area contributed by atoms with E-state index in [2.05, 4.69) is 13.2 Å². The monoisotopic (exact) mass is 508 g/mol. The van der Waals surface area contributed by atoms with Gasteiger partial charge in [-0.25, -0.2) is 9.59 Å². The van der Waals surface area contributed by atoms with Gasteiger partial charge in [0.25, 0.3) is 0 Å². The number of carbonyl (C=O) groups is 2. The fraction of sp³-hybridized carbons (Fsp3) is 0.214. The number of ether oxygens (including phenoxy) is 5. The third-order valence-corrected chi connectivity index (χ3v) is 5.04. The molecule has 0 amide bonds. The summed E-state index contributed by atoms with van der Waals surface area (Å²) in [4.78, 5) is 23.1. The number of esters is 2. The number of aliphatic hydroxyl groups excluding tert-OH is 2. The highest BCUT2D eigenvalue weighted by atomic mass is 16.6. The van der Waals surface area contributed by atoms with Crippen LogP contribution >= 0.6 is 0 Å². The Labute approximate surface area is 214 Å². The Kier molecular flexibility index (Phi) is 10.1. The predicted molar refractivity (Wildman–Crippen MR) is 136 cm³/mol. The van der Waals surface area contributed by atoms with E-state index in [1.807, 2.05) is 18.2 Å². The van der Waals surface area contributed by atoms with Crippen molar-refractivity contribution in [3.63, 3.8) is 0 Å². The minimum atomic E-state index is -0.936. The summed E-state index contributed by atoms with van der Waals surface area (Å²) in [5, 5.41) is 20.5. The first-order valence-corrected chi connectivity index (χ1v) is 11.4. The van der Waals surface area contributed by atoms with Crippen LogP contribution in [0.1, 0.15) is 0 Å². The number of fused-ring (bicyclic) bond motifs is 1. The van der Waals surface area contributed by atoms with Crippen molar-refractivity contribution < 1.29 is 43.5 Å². The third-order valence-electron chi connectivity index (χ3n) is 5.04. The molecule has 3 rings (SSSR count). The van der Waals surface area contributed by atoms with Crippen molar-refractivity contribution in [3.05, 3.63) is 86.0 Å². The van der Waals surface area contributed by atoms with Crippen molar-refractivity contribution in [2.24, 2.45) is 0 Å². The largest absolute Gasteiger partial charge is 0.489 e. The standard InChI is InChI=1S/C28H28O9/c1-3-26(31)36-20(15-29)17-33-24-14-25(35-19-10-6-5-7-11-19)28(23-13-9-8-12-22(23)24)34-18-21(16-30)37-27(32)4-2/h3-14,20-21,29-30H,1-2,15-18H2. The minimum absolute atomic E-state index is 0.130. The number of hydrogen-bond acceptors (Lipinski definition) is 9. The lowest BCUT2D eigenvalue weighted by atomic mass is 10.1. The number of aliphatic hydroxyl groups is 2. The number of para-hydroxylation sites is 1. The van der Waals surface area contributed by atoms with E-state index in [4.69, 9.17) is 23.7 Å². The average molecular weight is 509 g/mol. The van der Waals surface area contributed by atoms with Crippen molar-refractivity contribution in [1.82, 2.24) is 0 Å². The Balaban J connectivity index is 1.98. The molecule has 37 heavy (non-hydrogen) atoms. The number of hydrogen-bond donors (Lipinski definition) is 2. The molecule has 0 heterocycles. The molecule has 2 N–H and O–H groups in total. The molecule has 0 fully saturated rings. The highest BCUT2D eigenvalue weighted by Gasteiger charge is 2.21. The quantitative estimate of drug-likeness (QED) is 0.249. The predicted octanol–water partition coefficient (Wildman–Crippen LogP) is 3.57. The summed E-state index contributed by atoms with van der Waals surface area (Å²) in [6.07, 6.45) is 0.153. The van der Waals surface area contributed by atoms with Gasteiger partial charge in [-0.1, -0.05) is 55.6 Å². The number of rotatable bonds is 14. The Morgan fingerprint density at radius 2 is 1.30 bits per heavy atom. The molecule has 9 heteroatoms. The Hall–Kier alpha value is -4.34. The van der Waals surface area contributed by atoms with E-state index in [1.54, 1.807) is 42.5 Å². The normalized spacial score (nSPS) is 12.2. The van der Waals surface area contributed by atoms with Crippen LogP contribution in [0.2, 0.25) is 0 Å². The van der Waals surface area contributed by atoms with Crippen LogP contribution < -0.4 is 14.2 Å². The number of benzene rings is 3. The van der Waals surface area contributed by atoms with Gasteiger partial charge in [-0.15, -0.1) is 0 Å². The molecular formula is C28H28O9. The summed E-state index contributed by atoms with van der Waals surface area (Å²) in [5.41, 5.74) is 0. The smallest absolute Gasteiger partial charge is 0.330 e. The maximum Gasteiger partial charge on any atom is 0.330 e. The third kappa shape index (κ3) is 7.57. The highest BCUT2D eigenvalue weighted by Crippen LogP contribution is 2.43. The lowest BCUT2D eigenvalue weighted by Gasteiger charge is -2.21. The van der Waals surface area contributed by atoms with E-state index in [1.165, 1.54) is 0 Å². The van der Waals surface area contributed by atoms with Crippen molar-refractivity contribution in [2.75, 3.05) is 26.4 Å². The molecule has 0 saturated heterocycles. The summed E-state index contributed by atoms with van der Waals surface area (Å²) < 4.78 is 28.3. The molecule has 2 unspecified atom stereocenters. The molecule has 0 spiro atoms. The van der Waals surface area contributed by atoms with Crippen LogP contribution in [0.4, 0.5) is 0 Å². The van der Waals surface area contributed by atoms with Crippen LogP contribution in [0.3, 0.4) is 0 Å². The van der Waals surface area contributed by atoms with Gasteiger partial charge in [0.05, 0.1) is 13.2 Å². The van der Waals surface area contributed by atoms with Crippen LogP contribution in [-0.2, 0) is 19.1 Å². The van der Waals surface area contributed by atoms with Gasteiger partial charge in [-0.3, -0.25) is 0 Å². The molecule has 0 aromatic heterocycles. The van der Waals surface area contributed by atoms with E-state index >= 15 is 0 Å². The van der Waals surface area contributed by atoms with Gasteiger partial charge in [0.2, 0.25) is 0 Å². The van der Waals surface area contributed by atoms with Crippen molar-refractivity contribution in [1.29, 1.82) is 0 Å². The van der Waals surface area contributed by atoms with Crippen LogP contribution in [0, 0.1) is 0 Å². The lowest BCUT2D eigenvalue weighted by molar-refractivity contribution is -0.147. The first-order valence-electron chi connectivity index (χ1n) is 11.4.